The summed E-state index contributed by atoms with van der Waals surface area (Å²) in [6, 6.07) is 3.95. The average Bonchev–Trinajstić information content (AvgIpc) is 2.49. The Morgan fingerprint density at radius 1 is 1.50 bits per heavy atom. The van der Waals surface area contributed by atoms with E-state index in [0.717, 1.165) is 26.0 Å². The number of nitrogens with two attached hydrogens (primary N) is 1. The summed E-state index contributed by atoms with van der Waals surface area (Å²) in [5.74, 6) is 0.917. The van der Waals surface area contributed by atoms with Gasteiger partial charge in [-0.2, -0.15) is 0 Å². The standard InChI is InChI=1S/C10H10BrNOS/c1-2-13-9-5-14-10-7(9)3-6(11)4-8(10)12/h3-5H,2,12H2,1H3. The number of hydrogen-bond donors (Lipinski definition) is 1. The molecule has 1 heterocycles. The van der Waals surface area contributed by atoms with Gasteiger partial charge in [-0.1, -0.05) is 15.9 Å². The fourth-order valence-electron chi connectivity index (χ4n) is 1.37. The number of hydrogen-bond acceptors (Lipinski definition) is 3. The van der Waals surface area contributed by atoms with Crippen molar-refractivity contribution in [2.75, 3.05) is 12.3 Å². The minimum absolute atomic E-state index is 0.679. The third kappa shape index (κ3) is 1.60. The second-order valence-corrected chi connectivity index (χ2v) is 4.70. The molecule has 74 valence electrons. The van der Waals surface area contributed by atoms with Gasteiger partial charge in [0.2, 0.25) is 0 Å². The fraction of sp³-hybridized carbons (Fsp3) is 0.200. The Labute approximate surface area is 94.8 Å². The molecule has 2 nitrogen and oxygen atoms in total. The molecule has 0 atom stereocenters. The summed E-state index contributed by atoms with van der Waals surface area (Å²) >= 11 is 5.04. The SMILES string of the molecule is CCOc1csc2c(N)cc(Br)cc12. The Balaban J connectivity index is 2.66. The predicted molar refractivity (Wildman–Crippen MR) is 65.1 cm³/mol. The summed E-state index contributed by atoms with van der Waals surface area (Å²) in [6.45, 7) is 2.66. The van der Waals surface area contributed by atoms with Crippen LogP contribution in [0, 0.1) is 0 Å². The quantitative estimate of drug-likeness (QED) is 0.847. The second-order valence-electron chi connectivity index (χ2n) is 2.90. The lowest BCUT2D eigenvalue weighted by atomic mass is 10.2. The number of benzene rings is 1. The van der Waals surface area contributed by atoms with Crippen molar-refractivity contribution in [1.29, 1.82) is 0 Å². The third-order valence-electron chi connectivity index (χ3n) is 1.93. The van der Waals surface area contributed by atoms with Crippen molar-refractivity contribution in [3.63, 3.8) is 0 Å². The molecule has 0 spiro atoms. The molecule has 2 N–H and O–H groups in total. The molecular weight excluding hydrogens is 262 g/mol. The first-order valence-corrected chi connectivity index (χ1v) is 5.98. The highest BCUT2D eigenvalue weighted by Crippen LogP contribution is 2.37. The average molecular weight is 272 g/mol. The molecule has 2 rings (SSSR count). The molecule has 0 saturated carbocycles. The molecule has 0 unspecified atom stereocenters. The molecule has 14 heavy (non-hydrogen) atoms. The van der Waals surface area contributed by atoms with Gasteiger partial charge in [-0.15, -0.1) is 11.3 Å². The molecule has 0 saturated heterocycles. The third-order valence-corrected chi connectivity index (χ3v) is 3.41. The lowest BCUT2D eigenvalue weighted by molar-refractivity contribution is 0.345. The minimum atomic E-state index is 0.679. The molecule has 0 aliphatic heterocycles. The monoisotopic (exact) mass is 271 g/mol. The molecule has 0 amide bonds. The van der Waals surface area contributed by atoms with Crippen molar-refractivity contribution in [3.05, 3.63) is 22.0 Å². The molecule has 0 radical (unpaired) electrons. The molecule has 0 fully saturated rings. The van der Waals surface area contributed by atoms with E-state index in [0.29, 0.717) is 6.61 Å². The van der Waals surface area contributed by atoms with E-state index in [4.69, 9.17) is 10.5 Å². The van der Waals surface area contributed by atoms with Crippen molar-refractivity contribution < 1.29 is 4.74 Å². The normalized spacial score (nSPS) is 10.7. The molecule has 1 aromatic carbocycles. The van der Waals surface area contributed by atoms with Crippen LogP contribution in [0.4, 0.5) is 5.69 Å². The van der Waals surface area contributed by atoms with Crippen LogP contribution in [0.5, 0.6) is 5.75 Å². The van der Waals surface area contributed by atoms with Crippen LogP contribution in [-0.4, -0.2) is 6.61 Å². The van der Waals surface area contributed by atoms with Crippen LogP contribution < -0.4 is 10.5 Å². The van der Waals surface area contributed by atoms with Gasteiger partial charge in [0.05, 0.1) is 17.0 Å². The number of rotatable bonds is 2. The van der Waals surface area contributed by atoms with E-state index in [1.54, 1.807) is 11.3 Å². The maximum absolute atomic E-state index is 5.89. The van der Waals surface area contributed by atoms with Gasteiger partial charge in [0.1, 0.15) is 5.75 Å². The van der Waals surface area contributed by atoms with Crippen molar-refractivity contribution in [2.24, 2.45) is 0 Å². The first-order chi connectivity index (χ1) is 6.72. The zero-order chi connectivity index (χ0) is 10.1. The summed E-state index contributed by atoms with van der Waals surface area (Å²) in [5.41, 5.74) is 6.69. The maximum atomic E-state index is 5.89. The lowest BCUT2D eigenvalue weighted by Gasteiger charge is -2.02. The van der Waals surface area contributed by atoms with Gasteiger partial charge in [-0.3, -0.25) is 0 Å². The summed E-state index contributed by atoms with van der Waals surface area (Å²) in [6.07, 6.45) is 0. The van der Waals surface area contributed by atoms with E-state index >= 15 is 0 Å². The first kappa shape index (κ1) is 9.80. The van der Waals surface area contributed by atoms with Gasteiger partial charge in [-0.05, 0) is 19.1 Å². The molecule has 1 aromatic heterocycles. The van der Waals surface area contributed by atoms with Crippen LogP contribution in [0.1, 0.15) is 6.92 Å². The number of halogens is 1. The van der Waals surface area contributed by atoms with Gasteiger partial charge in [0, 0.05) is 15.2 Å². The fourth-order valence-corrected chi connectivity index (χ4v) is 2.75. The summed E-state index contributed by atoms with van der Waals surface area (Å²) in [5, 5.41) is 3.08. The van der Waals surface area contributed by atoms with E-state index < -0.39 is 0 Å². The Bertz CT molecular complexity index is 466. The number of ether oxygens (including phenoxy) is 1. The maximum Gasteiger partial charge on any atom is 0.137 e. The van der Waals surface area contributed by atoms with Crippen LogP contribution in [0.3, 0.4) is 0 Å². The van der Waals surface area contributed by atoms with Crippen LogP contribution in [0.15, 0.2) is 22.0 Å². The molecule has 0 aliphatic carbocycles. The Morgan fingerprint density at radius 3 is 3.00 bits per heavy atom. The van der Waals surface area contributed by atoms with Gasteiger partial charge in [0.25, 0.3) is 0 Å². The van der Waals surface area contributed by atoms with Crippen LogP contribution >= 0.6 is 27.3 Å². The highest BCUT2D eigenvalue weighted by Gasteiger charge is 2.08. The molecule has 2 aromatic rings. The van der Waals surface area contributed by atoms with Crippen LogP contribution in [-0.2, 0) is 0 Å². The number of anilines is 1. The van der Waals surface area contributed by atoms with E-state index in [2.05, 4.69) is 15.9 Å². The van der Waals surface area contributed by atoms with E-state index in [1.165, 1.54) is 0 Å². The summed E-state index contributed by atoms with van der Waals surface area (Å²) in [4.78, 5) is 0. The van der Waals surface area contributed by atoms with Gasteiger partial charge in [-0.25, -0.2) is 0 Å². The Morgan fingerprint density at radius 2 is 2.29 bits per heavy atom. The zero-order valence-electron chi connectivity index (χ0n) is 7.71. The predicted octanol–water partition coefficient (Wildman–Crippen LogP) is 3.64. The van der Waals surface area contributed by atoms with Crippen molar-refractivity contribution >= 4 is 43.0 Å². The zero-order valence-corrected chi connectivity index (χ0v) is 10.1. The molecule has 4 heteroatoms. The Kier molecular flexibility index (Phi) is 2.65. The largest absolute Gasteiger partial charge is 0.492 e. The molecular formula is C10H10BrNOS. The molecule has 0 aliphatic rings. The van der Waals surface area contributed by atoms with Crippen molar-refractivity contribution in [1.82, 2.24) is 0 Å². The van der Waals surface area contributed by atoms with E-state index in [9.17, 15) is 0 Å². The summed E-state index contributed by atoms with van der Waals surface area (Å²) in [7, 11) is 0. The topological polar surface area (TPSA) is 35.2 Å². The van der Waals surface area contributed by atoms with Gasteiger partial charge < -0.3 is 10.5 Å². The minimum Gasteiger partial charge on any atom is -0.492 e. The summed E-state index contributed by atoms with van der Waals surface area (Å²) < 4.78 is 7.59. The van der Waals surface area contributed by atoms with Gasteiger partial charge in [0.15, 0.2) is 0 Å². The number of thiophene rings is 1. The van der Waals surface area contributed by atoms with Gasteiger partial charge >= 0.3 is 0 Å². The lowest BCUT2D eigenvalue weighted by Crippen LogP contribution is -1.90. The smallest absolute Gasteiger partial charge is 0.137 e. The van der Waals surface area contributed by atoms with Crippen LogP contribution in [0.25, 0.3) is 10.1 Å². The number of fused-ring (bicyclic) bond motifs is 1. The Hall–Kier alpha value is -0.740. The number of nitrogen functional groups attached to an aromatic ring is 1. The highest BCUT2D eigenvalue weighted by atomic mass is 79.9. The van der Waals surface area contributed by atoms with E-state index in [1.807, 2.05) is 24.4 Å². The van der Waals surface area contributed by atoms with Crippen molar-refractivity contribution in [2.45, 2.75) is 6.92 Å². The van der Waals surface area contributed by atoms with Crippen LogP contribution in [0.2, 0.25) is 0 Å². The first-order valence-electron chi connectivity index (χ1n) is 4.31. The second kappa shape index (κ2) is 3.79. The van der Waals surface area contributed by atoms with Crippen molar-refractivity contribution in [3.8, 4) is 5.75 Å². The highest BCUT2D eigenvalue weighted by molar-refractivity contribution is 9.10. The molecule has 0 bridgehead atoms. The van der Waals surface area contributed by atoms with E-state index in [-0.39, 0.29) is 0 Å².